The summed E-state index contributed by atoms with van der Waals surface area (Å²) in [6, 6.07) is 13.7. The Morgan fingerprint density at radius 3 is 2.30 bits per heavy atom. The molecule has 2 aromatic carbocycles. The molecule has 3 rings (SSSR count). The molecule has 0 aliphatic carbocycles. The summed E-state index contributed by atoms with van der Waals surface area (Å²) >= 11 is 0. The molecule has 0 saturated carbocycles. The van der Waals surface area contributed by atoms with Crippen molar-refractivity contribution in [2.45, 2.75) is 6.04 Å². The summed E-state index contributed by atoms with van der Waals surface area (Å²) in [5.41, 5.74) is 0.432. The van der Waals surface area contributed by atoms with E-state index in [9.17, 15) is 17.6 Å². The molecule has 6 heteroatoms. The number of hydrogen-bond donors (Lipinski definition) is 0. The van der Waals surface area contributed by atoms with Crippen LogP contribution in [0, 0.1) is 5.82 Å². The quantitative estimate of drug-likeness (QED) is 0.869. The molecule has 0 radical (unpaired) electrons. The fourth-order valence-corrected chi connectivity index (χ4v) is 3.80. The molecule has 1 heterocycles. The Bertz CT molecular complexity index is 862. The first kappa shape index (κ1) is 15.4. The van der Waals surface area contributed by atoms with Gasteiger partial charge in [-0.25, -0.2) is 12.8 Å². The van der Waals surface area contributed by atoms with E-state index in [1.807, 2.05) is 0 Å². The highest BCUT2D eigenvalue weighted by atomic mass is 32.2. The topological polar surface area (TPSA) is 54.5 Å². The van der Waals surface area contributed by atoms with Crippen molar-refractivity contribution < 1.29 is 17.6 Å². The molecular weight excluding hydrogens is 317 g/mol. The minimum absolute atomic E-state index is 0.0888. The highest BCUT2D eigenvalue weighted by Gasteiger charge is 2.32. The third kappa shape index (κ3) is 3.17. The normalized spacial score (nSPS) is 18.7. The lowest BCUT2D eigenvalue weighted by molar-refractivity contribution is 0.0979. The molecule has 0 N–H and O–H groups in total. The van der Waals surface area contributed by atoms with E-state index in [0.717, 1.165) is 5.41 Å². The number of benzene rings is 2. The summed E-state index contributed by atoms with van der Waals surface area (Å²) in [4.78, 5) is 14.1. The first-order valence-corrected chi connectivity index (χ1v) is 8.73. The molecule has 0 spiro atoms. The lowest BCUT2D eigenvalue weighted by Crippen LogP contribution is -2.41. The van der Waals surface area contributed by atoms with Crippen LogP contribution in [0.1, 0.15) is 10.4 Å². The van der Waals surface area contributed by atoms with E-state index in [4.69, 9.17) is 0 Å². The van der Waals surface area contributed by atoms with Crippen LogP contribution in [-0.2, 0) is 9.84 Å². The Balaban J connectivity index is 2.05. The summed E-state index contributed by atoms with van der Waals surface area (Å²) in [5.74, 6) is -1.41. The lowest BCUT2D eigenvalue weighted by atomic mass is 10.1. The van der Waals surface area contributed by atoms with E-state index in [0.29, 0.717) is 5.69 Å². The van der Waals surface area contributed by atoms with Gasteiger partial charge in [-0.05, 0) is 30.3 Å². The number of amides is 1. The number of halogens is 1. The average Bonchev–Trinajstić information content (AvgIpc) is 2.88. The number of carbonyl (C=O) groups is 1. The zero-order valence-electron chi connectivity index (χ0n) is 12.1. The average molecular weight is 331 g/mol. The Hall–Kier alpha value is -2.47. The molecule has 118 valence electrons. The van der Waals surface area contributed by atoms with Gasteiger partial charge in [0.15, 0.2) is 9.84 Å². The van der Waals surface area contributed by atoms with Gasteiger partial charge >= 0.3 is 0 Å². The second-order valence-electron chi connectivity index (χ2n) is 5.22. The van der Waals surface area contributed by atoms with Gasteiger partial charge < -0.3 is 4.90 Å². The van der Waals surface area contributed by atoms with Crippen LogP contribution < -0.4 is 4.90 Å². The maximum atomic E-state index is 14.0. The molecule has 0 aromatic heterocycles. The molecule has 1 amide bonds. The summed E-state index contributed by atoms with van der Waals surface area (Å²) in [6.07, 6.45) is 1.46. The minimum Gasteiger partial charge on any atom is -0.300 e. The molecule has 1 aliphatic heterocycles. The summed E-state index contributed by atoms with van der Waals surface area (Å²) < 4.78 is 37.4. The first-order chi connectivity index (χ1) is 11.0. The van der Waals surface area contributed by atoms with Crippen molar-refractivity contribution in [1.82, 2.24) is 0 Å². The maximum Gasteiger partial charge on any atom is 0.261 e. The molecule has 23 heavy (non-hydrogen) atoms. The monoisotopic (exact) mass is 331 g/mol. The van der Waals surface area contributed by atoms with Crippen molar-refractivity contribution in [3.05, 3.63) is 77.5 Å². The van der Waals surface area contributed by atoms with Gasteiger partial charge in [-0.15, -0.1) is 0 Å². The molecule has 0 fully saturated rings. The third-order valence-electron chi connectivity index (χ3n) is 3.60. The van der Waals surface area contributed by atoms with Crippen LogP contribution in [0.5, 0.6) is 0 Å². The Morgan fingerprint density at radius 1 is 1.04 bits per heavy atom. The van der Waals surface area contributed by atoms with Gasteiger partial charge in [0.2, 0.25) is 0 Å². The van der Waals surface area contributed by atoms with Crippen LogP contribution >= 0.6 is 0 Å². The molecular formula is C17H14FNO3S. The minimum atomic E-state index is -3.34. The van der Waals surface area contributed by atoms with E-state index in [1.54, 1.807) is 36.4 Å². The van der Waals surface area contributed by atoms with Crippen molar-refractivity contribution in [1.29, 1.82) is 0 Å². The van der Waals surface area contributed by atoms with E-state index >= 15 is 0 Å². The predicted molar refractivity (Wildman–Crippen MR) is 86.4 cm³/mol. The van der Waals surface area contributed by atoms with Crippen molar-refractivity contribution in [2.75, 3.05) is 10.7 Å². The van der Waals surface area contributed by atoms with Crippen molar-refractivity contribution in [3.63, 3.8) is 0 Å². The van der Waals surface area contributed by atoms with Crippen molar-refractivity contribution in [2.24, 2.45) is 0 Å². The number of hydrogen-bond acceptors (Lipinski definition) is 3. The highest BCUT2D eigenvalue weighted by Crippen LogP contribution is 2.25. The van der Waals surface area contributed by atoms with Crippen molar-refractivity contribution in [3.8, 4) is 0 Å². The summed E-state index contributed by atoms with van der Waals surface area (Å²) in [7, 11) is -3.34. The van der Waals surface area contributed by atoms with Gasteiger partial charge in [0, 0.05) is 11.1 Å². The van der Waals surface area contributed by atoms with Crippen LogP contribution in [0.2, 0.25) is 0 Å². The molecule has 1 aliphatic rings. The van der Waals surface area contributed by atoms with Gasteiger partial charge in [0.1, 0.15) is 5.82 Å². The largest absolute Gasteiger partial charge is 0.300 e. The Labute approximate surface area is 133 Å². The number of para-hydroxylation sites is 1. The molecule has 0 unspecified atom stereocenters. The smallest absolute Gasteiger partial charge is 0.261 e. The van der Waals surface area contributed by atoms with Crippen LogP contribution in [0.3, 0.4) is 0 Å². The zero-order valence-corrected chi connectivity index (χ0v) is 12.9. The van der Waals surface area contributed by atoms with Crippen LogP contribution in [-0.4, -0.2) is 26.1 Å². The number of anilines is 1. The number of nitrogens with zero attached hydrogens (tertiary/aromatic N) is 1. The number of sulfone groups is 1. The predicted octanol–water partition coefficient (Wildman–Crippen LogP) is 2.78. The SMILES string of the molecule is O=C(c1ccccc1F)N(c1ccccc1)[C@H]1C=CS(=O)(=O)C1. The Morgan fingerprint density at radius 2 is 1.70 bits per heavy atom. The maximum absolute atomic E-state index is 14.0. The second kappa shape index (κ2) is 5.96. The lowest BCUT2D eigenvalue weighted by Gasteiger charge is -2.27. The fraction of sp³-hybridized carbons (Fsp3) is 0.118. The molecule has 4 nitrogen and oxygen atoms in total. The molecule has 0 bridgehead atoms. The standard InChI is InChI=1S/C17H14FNO3S/c18-16-9-5-4-8-15(16)17(20)19(13-6-2-1-3-7-13)14-10-11-23(21,22)12-14/h1-11,14H,12H2/t14-/m0/s1. The summed E-state index contributed by atoms with van der Waals surface area (Å²) in [5, 5.41) is 1.10. The molecule has 1 atom stereocenters. The van der Waals surface area contributed by atoms with Gasteiger partial charge in [0.05, 0.1) is 17.4 Å². The van der Waals surface area contributed by atoms with Crippen LogP contribution in [0.15, 0.2) is 66.1 Å². The van der Waals surface area contributed by atoms with E-state index in [2.05, 4.69) is 0 Å². The van der Waals surface area contributed by atoms with Crippen molar-refractivity contribution >= 4 is 21.4 Å². The van der Waals surface area contributed by atoms with E-state index in [-0.39, 0.29) is 11.3 Å². The third-order valence-corrected chi connectivity index (χ3v) is 4.98. The van der Waals surface area contributed by atoms with Crippen LogP contribution in [0.4, 0.5) is 10.1 Å². The number of carbonyl (C=O) groups excluding carboxylic acids is 1. The molecule has 0 saturated heterocycles. The highest BCUT2D eigenvalue weighted by molar-refractivity contribution is 7.94. The second-order valence-corrected chi connectivity index (χ2v) is 7.15. The van der Waals surface area contributed by atoms with Gasteiger partial charge in [-0.2, -0.15) is 0 Å². The first-order valence-electron chi connectivity index (χ1n) is 7.02. The van der Waals surface area contributed by atoms with Gasteiger partial charge in [-0.1, -0.05) is 30.3 Å². The zero-order chi connectivity index (χ0) is 16.4. The fourth-order valence-electron chi connectivity index (χ4n) is 2.53. The van der Waals surface area contributed by atoms with E-state index in [1.165, 1.54) is 29.2 Å². The molecule has 2 aromatic rings. The van der Waals surface area contributed by atoms with Gasteiger partial charge in [0.25, 0.3) is 5.91 Å². The summed E-state index contributed by atoms with van der Waals surface area (Å²) in [6.45, 7) is 0. The Kier molecular flexibility index (Phi) is 4.00. The van der Waals surface area contributed by atoms with E-state index < -0.39 is 27.6 Å². The number of rotatable bonds is 3. The van der Waals surface area contributed by atoms with Crippen LogP contribution in [0.25, 0.3) is 0 Å². The van der Waals surface area contributed by atoms with Gasteiger partial charge in [-0.3, -0.25) is 4.79 Å².